The van der Waals surface area contributed by atoms with Gasteiger partial charge < -0.3 is 5.41 Å². The molecular weight excluding hydrogens is 284 g/mol. The second kappa shape index (κ2) is 7.13. The first-order valence-corrected chi connectivity index (χ1v) is 7.94. The molecule has 0 aromatic heterocycles. The van der Waals surface area contributed by atoms with Gasteiger partial charge in [0.2, 0.25) is 0 Å². The van der Waals surface area contributed by atoms with Crippen LogP contribution in [0.4, 0.5) is 0 Å². The Labute approximate surface area is 126 Å². The fourth-order valence-corrected chi connectivity index (χ4v) is 2.53. The summed E-state index contributed by atoms with van der Waals surface area (Å²) in [6.45, 7) is 7.14. The molecule has 0 radical (unpaired) electrons. The van der Waals surface area contributed by atoms with Gasteiger partial charge in [0.15, 0.2) is 0 Å². The minimum atomic E-state index is -3.68. The van der Waals surface area contributed by atoms with E-state index >= 15 is 0 Å². The first-order valence-electron chi connectivity index (χ1n) is 6.50. The summed E-state index contributed by atoms with van der Waals surface area (Å²) in [6, 6.07) is 6.60. The molecule has 0 bridgehead atoms. The normalized spacial score (nSPS) is 14.2. The Morgan fingerprint density at radius 3 is 2.19 bits per heavy atom. The summed E-state index contributed by atoms with van der Waals surface area (Å²) in [5.74, 6) is 0. The van der Waals surface area contributed by atoms with Crippen LogP contribution in [0.25, 0.3) is 0 Å². The number of aryl methyl sites for hydroxylation is 1. The number of benzene rings is 1. The highest BCUT2D eigenvalue weighted by molar-refractivity contribution is 7.90. The molecule has 1 rings (SSSR count). The van der Waals surface area contributed by atoms with Crippen LogP contribution < -0.4 is 0 Å². The minimum Gasteiger partial charge on any atom is -0.308 e. The van der Waals surface area contributed by atoms with Crippen molar-refractivity contribution in [3.8, 4) is 0 Å². The van der Waals surface area contributed by atoms with Gasteiger partial charge in [-0.25, -0.2) is 0 Å². The SMILES string of the molecule is CC(=NS(=O)(=O)c1ccc(C)cc1)/C(C)=C\C=C(\C)C=N. The highest BCUT2D eigenvalue weighted by Gasteiger charge is 2.12. The summed E-state index contributed by atoms with van der Waals surface area (Å²) in [7, 11) is -3.68. The number of hydrogen-bond acceptors (Lipinski definition) is 3. The van der Waals surface area contributed by atoms with Gasteiger partial charge in [0.05, 0.1) is 10.6 Å². The third-order valence-corrected chi connectivity index (χ3v) is 4.35. The fourth-order valence-electron chi connectivity index (χ4n) is 1.44. The Morgan fingerprint density at radius 1 is 1.10 bits per heavy atom. The van der Waals surface area contributed by atoms with Gasteiger partial charge in [-0.15, -0.1) is 0 Å². The van der Waals surface area contributed by atoms with E-state index in [1.165, 1.54) is 6.21 Å². The summed E-state index contributed by atoms with van der Waals surface area (Å²) in [5.41, 5.74) is 2.96. The van der Waals surface area contributed by atoms with Crippen LogP contribution in [0.5, 0.6) is 0 Å². The maximum atomic E-state index is 12.2. The van der Waals surface area contributed by atoms with Crippen LogP contribution in [-0.2, 0) is 10.0 Å². The predicted molar refractivity (Wildman–Crippen MR) is 87.8 cm³/mol. The molecule has 112 valence electrons. The first kappa shape index (κ1) is 17.0. The molecular formula is C16H20N2O2S. The van der Waals surface area contributed by atoms with Crippen LogP contribution in [0.1, 0.15) is 26.3 Å². The highest BCUT2D eigenvalue weighted by atomic mass is 32.2. The van der Waals surface area contributed by atoms with Crippen molar-refractivity contribution >= 4 is 21.9 Å². The molecule has 1 N–H and O–H groups in total. The molecule has 0 heterocycles. The smallest absolute Gasteiger partial charge is 0.282 e. The van der Waals surface area contributed by atoms with Gasteiger partial charge in [-0.3, -0.25) is 0 Å². The van der Waals surface area contributed by atoms with Gasteiger partial charge in [-0.2, -0.15) is 12.8 Å². The van der Waals surface area contributed by atoms with E-state index in [2.05, 4.69) is 4.40 Å². The lowest BCUT2D eigenvalue weighted by molar-refractivity contribution is 0.598. The quantitative estimate of drug-likeness (QED) is 0.665. The molecule has 0 saturated carbocycles. The Hall–Kier alpha value is -2.01. The lowest BCUT2D eigenvalue weighted by Gasteiger charge is -2.03. The van der Waals surface area contributed by atoms with E-state index in [1.54, 1.807) is 57.2 Å². The number of nitrogens with zero attached hydrogens (tertiary/aromatic N) is 1. The van der Waals surface area contributed by atoms with Crippen molar-refractivity contribution < 1.29 is 8.42 Å². The molecule has 4 nitrogen and oxygen atoms in total. The Bertz CT molecular complexity index is 709. The standard InChI is InChI=1S/C16H20N2O2S/c1-12-6-9-16(10-7-12)21(19,20)18-15(4)14(3)8-5-13(2)11-17/h5-11,17H,1-4H3/b13-5-,14-8-,17-11?,18-15?. The zero-order valence-electron chi connectivity index (χ0n) is 12.7. The molecule has 0 fully saturated rings. The summed E-state index contributed by atoms with van der Waals surface area (Å²) >= 11 is 0. The topological polar surface area (TPSA) is 70.3 Å². The molecule has 0 unspecified atom stereocenters. The third kappa shape index (κ3) is 5.11. The average molecular weight is 304 g/mol. The van der Waals surface area contributed by atoms with Crippen molar-refractivity contribution in [2.45, 2.75) is 32.6 Å². The summed E-state index contributed by atoms with van der Waals surface area (Å²) in [4.78, 5) is 0.187. The molecule has 0 atom stereocenters. The number of rotatable bonds is 5. The number of hydrogen-bond donors (Lipinski definition) is 1. The van der Waals surface area contributed by atoms with E-state index in [9.17, 15) is 8.42 Å². The summed E-state index contributed by atoms with van der Waals surface area (Å²) < 4.78 is 28.2. The molecule has 0 aliphatic rings. The lowest BCUT2D eigenvalue weighted by Crippen LogP contribution is -2.03. The summed E-state index contributed by atoms with van der Waals surface area (Å²) in [6.07, 6.45) is 4.74. The molecule has 1 aromatic carbocycles. The van der Waals surface area contributed by atoms with Gasteiger partial charge in [-0.1, -0.05) is 29.8 Å². The predicted octanol–water partition coefficient (Wildman–Crippen LogP) is 3.69. The maximum Gasteiger partial charge on any atom is 0.282 e. The van der Waals surface area contributed by atoms with Crippen molar-refractivity contribution in [3.63, 3.8) is 0 Å². The second-order valence-electron chi connectivity index (χ2n) is 4.87. The second-order valence-corrected chi connectivity index (χ2v) is 6.47. The number of sulfonamides is 1. The maximum absolute atomic E-state index is 12.2. The van der Waals surface area contributed by atoms with E-state index < -0.39 is 10.0 Å². The molecule has 21 heavy (non-hydrogen) atoms. The Morgan fingerprint density at radius 2 is 1.67 bits per heavy atom. The van der Waals surface area contributed by atoms with Crippen LogP contribution in [0.2, 0.25) is 0 Å². The average Bonchev–Trinajstić information content (AvgIpc) is 2.44. The van der Waals surface area contributed by atoms with Crippen molar-refractivity contribution in [2.24, 2.45) is 4.40 Å². The number of nitrogens with one attached hydrogen (secondary N) is 1. The van der Waals surface area contributed by atoms with E-state index in [0.717, 1.165) is 16.7 Å². The van der Waals surface area contributed by atoms with Gasteiger partial charge in [-0.05, 0) is 51.0 Å². The van der Waals surface area contributed by atoms with Crippen LogP contribution in [0, 0.1) is 12.3 Å². The molecule has 0 saturated heterocycles. The van der Waals surface area contributed by atoms with E-state index in [1.807, 2.05) is 6.92 Å². The number of allylic oxidation sites excluding steroid dienone is 4. The minimum absolute atomic E-state index is 0.187. The van der Waals surface area contributed by atoms with Gasteiger partial charge in [0.1, 0.15) is 0 Å². The largest absolute Gasteiger partial charge is 0.308 e. The molecule has 0 spiro atoms. The molecule has 5 heteroatoms. The van der Waals surface area contributed by atoms with Crippen molar-refractivity contribution in [3.05, 3.63) is 53.1 Å². The lowest BCUT2D eigenvalue weighted by atomic mass is 10.1. The molecule has 0 amide bonds. The summed E-state index contributed by atoms with van der Waals surface area (Å²) in [5, 5.41) is 7.09. The van der Waals surface area contributed by atoms with Gasteiger partial charge in [0.25, 0.3) is 10.0 Å². The zero-order valence-corrected chi connectivity index (χ0v) is 13.5. The monoisotopic (exact) mass is 304 g/mol. The molecule has 0 aliphatic carbocycles. The van der Waals surface area contributed by atoms with Crippen molar-refractivity contribution in [1.29, 1.82) is 5.41 Å². The van der Waals surface area contributed by atoms with Crippen LogP contribution in [0.3, 0.4) is 0 Å². The molecule has 1 aromatic rings. The van der Waals surface area contributed by atoms with E-state index in [-0.39, 0.29) is 4.90 Å². The van der Waals surface area contributed by atoms with Gasteiger partial charge >= 0.3 is 0 Å². The van der Waals surface area contributed by atoms with Crippen molar-refractivity contribution in [2.75, 3.05) is 0 Å². The highest BCUT2D eigenvalue weighted by Crippen LogP contribution is 2.14. The van der Waals surface area contributed by atoms with E-state index in [0.29, 0.717) is 5.71 Å². The van der Waals surface area contributed by atoms with Crippen LogP contribution >= 0.6 is 0 Å². The van der Waals surface area contributed by atoms with Crippen LogP contribution in [0.15, 0.2) is 56.9 Å². The van der Waals surface area contributed by atoms with Crippen molar-refractivity contribution in [1.82, 2.24) is 0 Å². The van der Waals surface area contributed by atoms with Gasteiger partial charge in [0, 0.05) is 6.21 Å². The first-order chi connectivity index (χ1) is 9.76. The Kier molecular flexibility index (Phi) is 5.79. The molecule has 0 aliphatic heterocycles. The van der Waals surface area contributed by atoms with Crippen LogP contribution in [-0.4, -0.2) is 20.3 Å². The fraction of sp³-hybridized carbons (Fsp3) is 0.250. The third-order valence-electron chi connectivity index (χ3n) is 2.97. The van der Waals surface area contributed by atoms with E-state index in [4.69, 9.17) is 5.41 Å². The Balaban J connectivity index is 3.10. The zero-order chi connectivity index (χ0) is 16.0.